The van der Waals surface area contributed by atoms with Gasteiger partial charge in [0.1, 0.15) is 11.5 Å². The summed E-state index contributed by atoms with van der Waals surface area (Å²) in [4.78, 5) is 15.8. The Balaban J connectivity index is 1.43. The van der Waals surface area contributed by atoms with Crippen LogP contribution in [0.3, 0.4) is 0 Å². The molecule has 3 aromatic rings. The molecule has 0 fully saturated rings. The number of fused-ring (bicyclic) bond motifs is 1. The van der Waals surface area contributed by atoms with Crippen LogP contribution in [0.4, 0.5) is 0 Å². The summed E-state index contributed by atoms with van der Waals surface area (Å²) in [5, 5.41) is 6.50. The Morgan fingerprint density at radius 2 is 1.76 bits per heavy atom. The molecule has 1 atom stereocenters. The highest BCUT2D eigenvalue weighted by Gasteiger charge is 2.35. The Hall–Kier alpha value is -3.64. The summed E-state index contributed by atoms with van der Waals surface area (Å²) < 4.78 is 11.0. The zero-order valence-corrected chi connectivity index (χ0v) is 19.6. The van der Waals surface area contributed by atoms with Crippen molar-refractivity contribution in [3.8, 4) is 11.5 Å². The number of benzene rings is 3. The van der Waals surface area contributed by atoms with Crippen LogP contribution in [0.1, 0.15) is 34.7 Å². The Bertz CT molecular complexity index is 1220. The molecule has 0 bridgehead atoms. The van der Waals surface area contributed by atoms with Crippen LogP contribution in [0.25, 0.3) is 0 Å². The molecule has 6 heteroatoms. The van der Waals surface area contributed by atoms with Gasteiger partial charge in [-0.1, -0.05) is 54.6 Å². The van der Waals surface area contributed by atoms with Crippen molar-refractivity contribution < 1.29 is 14.3 Å². The van der Waals surface area contributed by atoms with E-state index in [9.17, 15) is 4.79 Å². The number of rotatable bonds is 6. The first kappa shape index (κ1) is 22.2. The van der Waals surface area contributed by atoms with Gasteiger partial charge in [0.25, 0.3) is 5.91 Å². The smallest absolute Gasteiger partial charge is 0.257 e. The molecule has 0 aliphatic carbocycles. The first-order valence-electron chi connectivity index (χ1n) is 11.6. The molecule has 5 rings (SSSR count). The van der Waals surface area contributed by atoms with Gasteiger partial charge in [-0.3, -0.25) is 9.69 Å². The molecule has 34 heavy (non-hydrogen) atoms. The second kappa shape index (κ2) is 9.69. The van der Waals surface area contributed by atoms with Crippen molar-refractivity contribution in [3.63, 3.8) is 0 Å². The van der Waals surface area contributed by atoms with Gasteiger partial charge in [-0.15, -0.1) is 0 Å². The van der Waals surface area contributed by atoms with E-state index in [1.165, 1.54) is 11.1 Å². The molecule has 0 aromatic heterocycles. The lowest BCUT2D eigenvalue weighted by atomic mass is 9.97. The van der Waals surface area contributed by atoms with Gasteiger partial charge in [-0.2, -0.15) is 5.10 Å². The van der Waals surface area contributed by atoms with Crippen LogP contribution < -0.4 is 9.47 Å². The summed E-state index contributed by atoms with van der Waals surface area (Å²) in [5.41, 5.74) is 5.46. The van der Waals surface area contributed by atoms with E-state index in [-0.39, 0.29) is 11.9 Å². The van der Waals surface area contributed by atoms with Gasteiger partial charge in [0.15, 0.2) is 0 Å². The highest BCUT2D eigenvalue weighted by atomic mass is 16.5. The van der Waals surface area contributed by atoms with Crippen LogP contribution in [-0.2, 0) is 17.8 Å². The number of ether oxygens (including phenoxy) is 2. The minimum Gasteiger partial charge on any atom is -0.497 e. The largest absolute Gasteiger partial charge is 0.497 e. The van der Waals surface area contributed by atoms with E-state index >= 15 is 0 Å². The quantitative estimate of drug-likeness (QED) is 0.552. The van der Waals surface area contributed by atoms with E-state index in [1.54, 1.807) is 19.2 Å². The van der Waals surface area contributed by atoms with Crippen LogP contribution in [-0.4, -0.2) is 48.8 Å². The fourth-order valence-electron chi connectivity index (χ4n) is 4.85. The molecule has 0 spiro atoms. The summed E-state index contributed by atoms with van der Waals surface area (Å²) in [7, 11) is 3.31. The van der Waals surface area contributed by atoms with E-state index in [0.717, 1.165) is 47.8 Å². The van der Waals surface area contributed by atoms with Crippen LogP contribution >= 0.6 is 0 Å². The van der Waals surface area contributed by atoms with Crippen molar-refractivity contribution in [2.24, 2.45) is 5.10 Å². The second-order valence-electron chi connectivity index (χ2n) is 8.71. The van der Waals surface area contributed by atoms with Crippen molar-refractivity contribution in [2.75, 3.05) is 27.3 Å². The number of hydrazone groups is 1. The normalized spacial score (nSPS) is 17.8. The zero-order chi connectivity index (χ0) is 23.5. The van der Waals surface area contributed by atoms with Crippen LogP contribution in [0.15, 0.2) is 77.9 Å². The van der Waals surface area contributed by atoms with E-state index in [0.29, 0.717) is 13.0 Å². The molecule has 174 valence electrons. The summed E-state index contributed by atoms with van der Waals surface area (Å²) >= 11 is 0. The van der Waals surface area contributed by atoms with E-state index in [4.69, 9.17) is 14.6 Å². The van der Waals surface area contributed by atoms with E-state index in [2.05, 4.69) is 29.2 Å². The standard InChI is InChI=1S/C28H29N3O3/c1-33-23-11-7-10-21(16-23)25-17-26(24-12-5-6-13-27(24)34-2)31(29-25)28(32)19-30-15-14-20-8-3-4-9-22(20)18-30/h3-13,16,26H,14-15,17-19H2,1-2H3. The van der Waals surface area contributed by atoms with Gasteiger partial charge >= 0.3 is 0 Å². The Kier molecular flexibility index (Phi) is 6.32. The van der Waals surface area contributed by atoms with Gasteiger partial charge in [-0.05, 0) is 35.7 Å². The van der Waals surface area contributed by atoms with Crippen LogP contribution in [0, 0.1) is 0 Å². The van der Waals surface area contributed by atoms with Crippen molar-refractivity contribution in [3.05, 3.63) is 95.1 Å². The van der Waals surface area contributed by atoms with Gasteiger partial charge < -0.3 is 9.47 Å². The SMILES string of the molecule is COc1cccc(C2=NN(C(=O)CN3CCc4ccccc4C3)C(c3ccccc3OC)C2)c1. The molecular weight excluding hydrogens is 426 g/mol. The Labute approximate surface area is 200 Å². The maximum absolute atomic E-state index is 13.6. The summed E-state index contributed by atoms with van der Waals surface area (Å²) in [6.45, 7) is 1.97. The summed E-state index contributed by atoms with van der Waals surface area (Å²) in [6.07, 6.45) is 1.57. The lowest BCUT2D eigenvalue weighted by Crippen LogP contribution is -2.40. The first-order chi connectivity index (χ1) is 16.7. The van der Waals surface area contributed by atoms with E-state index < -0.39 is 0 Å². The Morgan fingerprint density at radius 1 is 0.971 bits per heavy atom. The third-order valence-corrected chi connectivity index (χ3v) is 6.64. The molecule has 0 radical (unpaired) electrons. The average molecular weight is 456 g/mol. The number of hydrogen-bond donors (Lipinski definition) is 0. The predicted molar refractivity (Wildman–Crippen MR) is 132 cm³/mol. The molecule has 0 N–H and O–H groups in total. The molecule has 1 amide bonds. The first-order valence-corrected chi connectivity index (χ1v) is 11.6. The van der Waals surface area contributed by atoms with Crippen LogP contribution in [0.5, 0.6) is 11.5 Å². The van der Waals surface area contributed by atoms with Gasteiger partial charge in [0.05, 0.1) is 32.5 Å². The zero-order valence-electron chi connectivity index (χ0n) is 19.6. The lowest BCUT2D eigenvalue weighted by Gasteiger charge is -2.30. The highest BCUT2D eigenvalue weighted by molar-refractivity contribution is 6.03. The Morgan fingerprint density at radius 3 is 2.59 bits per heavy atom. The van der Waals surface area contributed by atoms with Gasteiger partial charge in [0.2, 0.25) is 0 Å². The maximum atomic E-state index is 13.6. The third kappa shape index (κ3) is 4.41. The number of nitrogens with zero attached hydrogens (tertiary/aromatic N) is 3. The number of carbonyl (C=O) groups is 1. The maximum Gasteiger partial charge on any atom is 0.257 e. The van der Waals surface area contributed by atoms with Crippen molar-refractivity contribution in [2.45, 2.75) is 25.4 Å². The number of hydrogen-bond acceptors (Lipinski definition) is 5. The van der Waals surface area contributed by atoms with Crippen LogP contribution in [0.2, 0.25) is 0 Å². The fraction of sp³-hybridized carbons (Fsp3) is 0.286. The van der Waals surface area contributed by atoms with Crippen molar-refractivity contribution in [1.29, 1.82) is 0 Å². The molecule has 2 aliphatic heterocycles. The molecule has 3 aromatic carbocycles. The number of methoxy groups -OCH3 is 2. The molecule has 1 unspecified atom stereocenters. The average Bonchev–Trinajstić information content (AvgIpc) is 3.34. The minimum atomic E-state index is -0.220. The topological polar surface area (TPSA) is 54.4 Å². The monoisotopic (exact) mass is 455 g/mol. The molecule has 0 saturated heterocycles. The van der Waals surface area contributed by atoms with E-state index in [1.807, 2.05) is 48.5 Å². The van der Waals surface area contributed by atoms with Crippen molar-refractivity contribution in [1.82, 2.24) is 9.91 Å². The second-order valence-corrected chi connectivity index (χ2v) is 8.71. The molecule has 2 heterocycles. The lowest BCUT2D eigenvalue weighted by molar-refractivity contribution is -0.134. The molecule has 6 nitrogen and oxygen atoms in total. The van der Waals surface area contributed by atoms with Gasteiger partial charge in [-0.25, -0.2) is 5.01 Å². The van der Waals surface area contributed by atoms with Crippen molar-refractivity contribution >= 4 is 11.6 Å². The highest BCUT2D eigenvalue weighted by Crippen LogP contribution is 2.38. The molecule has 2 aliphatic rings. The third-order valence-electron chi connectivity index (χ3n) is 6.64. The number of para-hydroxylation sites is 1. The number of amides is 1. The summed E-state index contributed by atoms with van der Waals surface area (Å²) in [6, 6.07) is 24.0. The van der Waals surface area contributed by atoms with Gasteiger partial charge in [0, 0.05) is 30.6 Å². The summed E-state index contributed by atoms with van der Waals surface area (Å²) in [5.74, 6) is 1.53. The predicted octanol–water partition coefficient (Wildman–Crippen LogP) is 4.44. The molecular formula is C28H29N3O3. The number of carbonyl (C=O) groups excluding carboxylic acids is 1. The molecule has 0 saturated carbocycles. The fourth-order valence-corrected chi connectivity index (χ4v) is 4.85. The minimum absolute atomic E-state index is 0.00631.